The van der Waals surface area contributed by atoms with Crippen LogP contribution in [0.1, 0.15) is 24.5 Å². The second-order valence-electron chi connectivity index (χ2n) is 4.91. The summed E-state index contributed by atoms with van der Waals surface area (Å²) in [5.41, 5.74) is 0.969. The fourth-order valence-electron chi connectivity index (χ4n) is 2.32. The van der Waals surface area contributed by atoms with Crippen molar-refractivity contribution >= 4 is 11.9 Å². The monoisotopic (exact) mass is 293 g/mol. The van der Waals surface area contributed by atoms with E-state index >= 15 is 0 Å². The first-order valence-electron chi connectivity index (χ1n) is 6.85. The highest BCUT2D eigenvalue weighted by Crippen LogP contribution is 2.20. The smallest absolute Gasteiger partial charge is 0.332 e. The third-order valence-corrected chi connectivity index (χ3v) is 3.51. The summed E-state index contributed by atoms with van der Waals surface area (Å²) in [7, 11) is 1.58. The number of benzene rings is 1. The lowest BCUT2D eigenvalue weighted by Gasteiger charge is -2.18. The number of hydrogen-bond acceptors (Lipinski definition) is 4. The van der Waals surface area contributed by atoms with Gasteiger partial charge in [-0.25, -0.2) is 4.79 Å². The molecule has 3 atom stereocenters. The normalized spacial score (nSPS) is 22.7. The Hall–Kier alpha value is -1.92. The molecule has 2 N–H and O–H groups in total. The van der Waals surface area contributed by atoms with Crippen molar-refractivity contribution in [3.05, 3.63) is 35.9 Å². The molecule has 0 spiro atoms. The Morgan fingerprint density at radius 3 is 2.57 bits per heavy atom. The van der Waals surface area contributed by atoms with E-state index in [0.717, 1.165) is 5.56 Å². The maximum Gasteiger partial charge on any atom is 0.332 e. The molecule has 114 valence electrons. The van der Waals surface area contributed by atoms with Crippen molar-refractivity contribution in [1.82, 2.24) is 5.32 Å². The van der Waals surface area contributed by atoms with Crippen molar-refractivity contribution < 1.29 is 24.2 Å². The second kappa shape index (κ2) is 7.19. The summed E-state index contributed by atoms with van der Waals surface area (Å²) in [5.74, 6) is -1.32. The van der Waals surface area contributed by atoms with Crippen molar-refractivity contribution in [3.8, 4) is 0 Å². The van der Waals surface area contributed by atoms with Gasteiger partial charge in [-0.15, -0.1) is 0 Å². The van der Waals surface area contributed by atoms with E-state index in [1.807, 2.05) is 30.3 Å². The Morgan fingerprint density at radius 1 is 1.33 bits per heavy atom. The largest absolute Gasteiger partial charge is 0.479 e. The number of carbonyl (C=O) groups is 2. The van der Waals surface area contributed by atoms with E-state index in [4.69, 9.17) is 14.6 Å². The number of methoxy groups -OCH3 is 1. The van der Waals surface area contributed by atoms with Crippen LogP contribution in [0.3, 0.4) is 0 Å². The third-order valence-electron chi connectivity index (χ3n) is 3.51. The van der Waals surface area contributed by atoms with Crippen LogP contribution in [0.4, 0.5) is 0 Å². The zero-order chi connectivity index (χ0) is 15.2. The number of amides is 1. The number of nitrogens with one attached hydrogen (secondary N) is 1. The lowest BCUT2D eigenvalue weighted by atomic mass is 10.1. The lowest BCUT2D eigenvalue weighted by Crippen LogP contribution is -2.38. The zero-order valence-corrected chi connectivity index (χ0v) is 11.8. The minimum absolute atomic E-state index is 0.244. The topological polar surface area (TPSA) is 84.9 Å². The fourth-order valence-corrected chi connectivity index (χ4v) is 2.32. The minimum Gasteiger partial charge on any atom is -0.479 e. The molecule has 1 aliphatic rings. The molecule has 1 unspecified atom stereocenters. The minimum atomic E-state index is -1.02. The van der Waals surface area contributed by atoms with Gasteiger partial charge in [0.25, 0.3) is 0 Å². The van der Waals surface area contributed by atoms with E-state index in [-0.39, 0.29) is 12.0 Å². The number of hydrogen-bond donors (Lipinski definition) is 2. The van der Waals surface area contributed by atoms with E-state index < -0.39 is 18.2 Å². The zero-order valence-electron chi connectivity index (χ0n) is 11.8. The van der Waals surface area contributed by atoms with Gasteiger partial charge in [-0.2, -0.15) is 0 Å². The van der Waals surface area contributed by atoms with Crippen molar-refractivity contribution in [2.24, 2.45) is 0 Å². The van der Waals surface area contributed by atoms with Gasteiger partial charge in [0.2, 0.25) is 5.91 Å². The molecule has 1 aromatic rings. The SMILES string of the molecule is COC(CNC(=O)[C@@H]1CC[C@H](C(=O)O)O1)c1ccccc1. The van der Waals surface area contributed by atoms with Crippen LogP contribution in [-0.2, 0) is 19.1 Å². The molecule has 1 amide bonds. The Morgan fingerprint density at radius 2 is 2.00 bits per heavy atom. The van der Waals surface area contributed by atoms with E-state index in [9.17, 15) is 9.59 Å². The summed E-state index contributed by atoms with van der Waals surface area (Å²) in [4.78, 5) is 22.8. The molecule has 0 aromatic heterocycles. The summed E-state index contributed by atoms with van der Waals surface area (Å²) in [6, 6.07) is 9.56. The van der Waals surface area contributed by atoms with Crippen molar-refractivity contribution in [3.63, 3.8) is 0 Å². The van der Waals surface area contributed by atoms with Crippen LogP contribution < -0.4 is 5.32 Å². The Bertz CT molecular complexity index is 490. The molecule has 0 radical (unpaired) electrons. The van der Waals surface area contributed by atoms with Gasteiger partial charge >= 0.3 is 5.97 Å². The Kier molecular flexibility index (Phi) is 5.30. The first kappa shape index (κ1) is 15.5. The summed E-state index contributed by atoms with van der Waals surface area (Å²) < 4.78 is 10.6. The first-order chi connectivity index (χ1) is 10.1. The molecule has 0 bridgehead atoms. The van der Waals surface area contributed by atoms with Gasteiger partial charge in [0.1, 0.15) is 6.10 Å². The molecule has 21 heavy (non-hydrogen) atoms. The molecule has 6 nitrogen and oxygen atoms in total. The molecule has 6 heteroatoms. The van der Waals surface area contributed by atoms with E-state index in [1.54, 1.807) is 7.11 Å². The molecule has 1 heterocycles. The second-order valence-corrected chi connectivity index (χ2v) is 4.91. The molecule has 1 aromatic carbocycles. The van der Waals surface area contributed by atoms with Crippen molar-refractivity contribution in [2.75, 3.05) is 13.7 Å². The maximum atomic E-state index is 12.0. The predicted molar refractivity (Wildman–Crippen MR) is 74.7 cm³/mol. The summed E-state index contributed by atoms with van der Waals surface area (Å²) >= 11 is 0. The molecule has 0 aliphatic carbocycles. The molecule has 1 fully saturated rings. The molecule has 2 rings (SSSR count). The van der Waals surface area contributed by atoms with E-state index in [2.05, 4.69) is 5.32 Å². The predicted octanol–water partition coefficient (Wildman–Crippen LogP) is 1.12. The highest BCUT2D eigenvalue weighted by atomic mass is 16.5. The molecule has 1 aliphatic heterocycles. The Labute approximate surface area is 123 Å². The van der Waals surface area contributed by atoms with E-state index in [0.29, 0.717) is 19.4 Å². The number of rotatable bonds is 6. The van der Waals surface area contributed by atoms with Crippen LogP contribution in [0.15, 0.2) is 30.3 Å². The third kappa shape index (κ3) is 4.03. The number of carbonyl (C=O) groups excluding carboxylic acids is 1. The quantitative estimate of drug-likeness (QED) is 0.821. The number of carboxylic acid groups (broad SMARTS) is 1. The first-order valence-corrected chi connectivity index (χ1v) is 6.85. The van der Waals surface area contributed by atoms with Gasteiger partial charge in [-0.05, 0) is 18.4 Å². The van der Waals surface area contributed by atoms with Crippen molar-refractivity contribution in [1.29, 1.82) is 0 Å². The van der Waals surface area contributed by atoms with Crippen LogP contribution in [0.25, 0.3) is 0 Å². The van der Waals surface area contributed by atoms with Crippen LogP contribution in [0.5, 0.6) is 0 Å². The lowest BCUT2D eigenvalue weighted by molar-refractivity contribution is -0.151. The standard InChI is InChI=1S/C15H19NO5/c1-20-13(10-5-3-2-4-6-10)9-16-14(17)11-7-8-12(21-11)15(18)19/h2-6,11-13H,7-9H2,1H3,(H,16,17)(H,18,19)/t11-,12+,13?/m0/s1. The fraction of sp³-hybridized carbons (Fsp3) is 0.467. The summed E-state index contributed by atoms with van der Waals surface area (Å²) in [6.45, 7) is 0.316. The van der Waals surface area contributed by atoms with Gasteiger partial charge in [0, 0.05) is 13.7 Å². The average Bonchev–Trinajstić information content (AvgIpc) is 2.99. The molecular formula is C15H19NO5. The Balaban J connectivity index is 1.85. The highest BCUT2D eigenvalue weighted by molar-refractivity contribution is 5.82. The van der Waals surface area contributed by atoms with Gasteiger partial charge in [0.15, 0.2) is 6.10 Å². The average molecular weight is 293 g/mol. The van der Waals surface area contributed by atoms with Crippen LogP contribution in [-0.4, -0.2) is 42.8 Å². The van der Waals surface area contributed by atoms with Gasteiger partial charge in [-0.1, -0.05) is 30.3 Å². The summed E-state index contributed by atoms with van der Waals surface area (Å²) in [6.07, 6.45) is -1.04. The molecule has 0 saturated carbocycles. The number of aliphatic carboxylic acids is 1. The maximum absolute atomic E-state index is 12.0. The van der Waals surface area contributed by atoms with Gasteiger partial charge in [0.05, 0.1) is 6.10 Å². The van der Waals surface area contributed by atoms with Gasteiger partial charge in [-0.3, -0.25) is 4.79 Å². The van der Waals surface area contributed by atoms with Crippen LogP contribution in [0.2, 0.25) is 0 Å². The van der Waals surface area contributed by atoms with Crippen LogP contribution >= 0.6 is 0 Å². The molecular weight excluding hydrogens is 274 g/mol. The summed E-state index contributed by atoms with van der Waals surface area (Å²) in [5, 5.41) is 11.6. The van der Waals surface area contributed by atoms with Crippen LogP contribution in [0, 0.1) is 0 Å². The molecule has 1 saturated heterocycles. The highest BCUT2D eigenvalue weighted by Gasteiger charge is 2.34. The van der Waals surface area contributed by atoms with Crippen molar-refractivity contribution in [2.45, 2.75) is 31.2 Å². The number of ether oxygens (including phenoxy) is 2. The van der Waals surface area contributed by atoms with E-state index in [1.165, 1.54) is 0 Å². The van der Waals surface area contributed by atoms with Gasteiger partial charge < -0.3 is 19.9 Å². The number of carboxylic acids is 1.